The van der Waals surface area contributed by atoms with E-state index in [1.165, 1.54) is 12.1 Å². The minimum Gasteiger partial charge on any atom is -0.435 e. The monoisotopic (exact) mass is 242 g/mol. The lowest BCUT2D eigenvalue weighted by Crippen LogP contribution is -2.31. The molecule has 0 radical (unpaired) electrons. The van der Waals surface area contributed by atoms with Gasteiger partial charge in [-0.25, -0.2) is 0 Å². The van der Waals surface area contributed by atoms with Gasteiger partial charge >= 0.3 is 6.61 Å². The number of nitrogens with one attached hydrogen (secondary N) is 1. The third-order valence-electron chi connectivity index (χ3n) is 1.70. The largest absolute Gasteiger partial charge is 0.435 e. The predicted octanol–water partition coefficient (Wildman–Crippen LogP) is 3.01. The van der Waals surface area contributed by atoms with Crippen LogP contribution in [0.3, 0.4) is 0 Å². The Morgan fingerprint density at radius 3 is 2.65 bits per heavy atom. The summed E-state index contributed by atoms with van der Waals surface area (Å²) in [6.07, 6.45) is 1.56. The normalized spacial score (nSPS) is 12.1. The van der Waals surface area contributed by atoms with Crippen LogP contribution in [0.4, 0.5) is 8.78 Å². The quantitative estimate of drug-likeness (QED) is 0.650. The van der Waals surface area contributed by atoms with Crippen LogP contribution in [0.2, 0.25) is 0 Å². The maximum Gasteiger partial charge on any atom is 0.387 e. The Balaban J connectivity index is 2.65. The average Bonchev–Trinajstić information content (AvgIpc) is 2.15. The number of ether oxygens (including phenoxy) is 1. The van der Waals surface area contributed by atoms with Crippen LogP contribution in [0, 0.1) is 0 Å². The van der Waals surface area contributed by atoms with Crippen molar-refractivity contribution in [3.05, 3.63) is 29.8 Å². The Morgan fingerprint density at radius 2 is 2.06 bits per heavy atom. The smallest absolute Gasteiger partial charge is 0.387 e. The molecule has 0 aliphatic heterocycles. The number of benzene rings is 1. The van der Waals surface area contributed by atoms with Gasteiger partial charge in [0.05, 0.1) is 6.21 Å². The fourth-order valence-electron chi connectivity index (χ4n) is 1.07. The summed E-state index contributed by atoms with van der Waals surface area (Å²) < 4.78 is 28.3. The summed E-state index contributed by atoms with van der Waals surface area (Å²) in [5.41, 5.74) is 3.47. The summed E-state index contributed by atoms with van der Waals surface area (Å²) in [6, 6.07) is 6.36. The maximum absolute atomic E-state index is 12.0. The zero-order chi connectivity index (χ0) is 12.9. The predicted molar refractivity (Wildman–Crippen MR) is 63.6 cm³/mol. The third kappa shape index (κ3) is 5.85. The molecule has 0 aromatic heterocycles. The van der Waals surface area contributed by atoms with Crippen LogP contribution in [-0.4, -0.2) is 18.4 Å². The molecule has 0 spiro atoms. The highest BCUT2D eigenvalue weighted by atomic mass is 19.3. The van der Waals surface area contributed by atoms with Crippen LogP contribution in [0.15, 0.2) is 29.4 Å². The van der Waals surface area contributed by atoms with Gasteiger partial charge in [0, 0.05) is 5.54 Å². The fraction of sp³-hybridized carbons (Fsp3) is 0.417. The molecule has 0 heterocycles. The second kappa shape index (κ2) is 5.61. The first-order chi connectivity index (χ1) is 7.87. The Morgan fingerprint density at radius 1 is 1.35 bits per heavy atom. The molecule has 3 nitrogen and oxygen atoms in total. The maximum atomic E-state index is 12.0. The van der Waals surface area contributed by atoms with E-state index >= 15 is 0 Å². The summed E-state index contributed by atoms with van der Waals surface area (Å²) in [7, 11) is 0. The standard InChI is InChI=1S/C12H16F2N2O/c1-12(2,3)16-15-8-9-5-4-6-10(7-9)17-11(13)14/h4-8,11,16H,1-3H3/b15-8-. The molecule has 0 atom stereocenters. The van der Waals surface area contributed by atoms with Gasteiger partial charge in [0.2, 0.25) is 0 Å². The summed E-state index contributed by atoms with van der Waals surface area (Å²) in [6.45, 7) is 3.11. The van der Waals surface area contributed by atoms with Crippen LogP contribution in [0.25, 0.3) is 0 Å². The molecule has 1 aromatic carbocycles. The van der Waals surface area contributed by atoms with Crippen LogP contribution >= 0.6 is 0 Å². The summed E-state index contributed by atoms with van der Waals surface area (Å²) >= 11 is 0. The first kappa shape index (κ1) is 13.4. The Hall–Kier alpha value is -1.65. The second-order valence-electron chi connectivity index (χ2n) is 4.57. The van der Waals surface area contributed by atoms with Gasteiger partial charge in [-0.15, -0.1) is 0 Å². The number of alkyl halides is 2. The van der Waals surface area contributed by atoms with Crippen molar-refractivity contribution in [1.82, 2.24) is 5.43 Å². The van der Waals surface area contributed by atoms with Gasteiger partial charge in [0.1, 0.15) is 5.75 Å². The van der Waals surface area contributed by atoms with E-state index in [1.807, 2.05) is 20.8 Å². The molecular formula is C12H16F2N2O. The number of nitrogens with zero attached hydrogens (tertiary/aromatic N) is 1. The Bertz CT molecular complexity index is 386. The number of rotatable bonds is 4. The van der Waals surface area contributed by atoms with E-state index in [0.717, 1.165) is 0 Å². The molecule has 0 fully saturated rings. The van der Waals surface area contributed by atoms with Gasteiger partial charge in [0.25, 0.3) is 0 Å². The van der Waals surface area contributed by atoms with E-state index in [0.29, 0.717) is 5.56 Å². The first-order valence-corrected chi connectivity index (χ1v) is 5.22. The van der Waals surface area contributed by atoms with Crippen LogP contribution < -0.4 is 10.2 Å². The summed E-state index contributed by atoms with van der Waals surface area (Å²) in [5.74, 6) is 0.125. The number of hydrogen-bond acceptors (Lipinski definition) is 3. The van der Waals surface area contributed by atoms with Gasteiger partial charge in [0.15, 0.2) is 0 Å². The van der Waals surface area contributed by atoms with Crippen molar-refractivity contribution in [3.63, 3.8) is 0 Å². The molecule has 0 saturated heterocycles. The highest BCUT2D eigenvalue weighted by molar-refractivity contribution is 5.79. The van der Waals surface area contributed by atoms with Crippen LogP contribution in [0.5, 0.6) is 5.75 Å². The lowest BCUT2D eigenvalue weighted by Gasteiger charge is -2.16. The third-order valence-corrected chi connectivity index (χ3v) is 1.70. The molecule has 0 saturated carbocycles. The topological polar surface area (TPSA) is 33.6 Å². The van der Waals surface area contributed by atoms with Gasteiger partial charge in [-0.05, 0) is 38.5 Å². The van der Waals surface area contributed by atoms with E-state index in [-0.39, 0.29) is 11.3 Å². The number of hydrogen-bond donors (Lipinski definition) is 1. The molecule has 0 amide bonds. The molecule has 5 heteroatoms. The number of hydrazone groups is 1. The minimum absolute atomic E-state index is 0.125. The molecule has 0 aliphatic rings. The van der Waals surface area contributed by atoms with Crippen molar-refractivity contribution in [1.29, 1.82) is 0 Å². The zero-order valence-electron chi connectivity index (χ0n) is 10.1. The molecule has 0 bridgehead atoms. The Labute approximate surface area is 99.5 Å². The second-order valence-corrected chi connectivity index (χ2v) is 4.57. The Kier molecular flexibility index (Phi) is 4.43. The van der Waals surface area contributed by atoms with Crippen molar-refractivity contribution in [2.45, 2.75) is 32.9 Å². The molecule has 1 N–H and O–H groups in total. The van der Waals surface area contributed by atoms with E-state index in [9.17, 15) is 8.78 Å². The molecule has 1 rings (SSSR count). The van der Waals surface area contributed by atoms with Crippen molar-refractivity contribution in [3.8, 4) is 5.75 Å². The molecule has 1 aromatic rings. The SMILES string of the molecule is CC(C)(C)N/N=C\c1cccc(OC(F)F)c1. The minimum atomic E-state index is -2.81. The van der Waals surface area contributed by atoms with Crippen molar-refractivity contribution in [2.24, 2.45) is 5.10 Å². The fourth-order valence-corrected chi connectivity index (χ4v) is 1.07. The van der Waals surface area contributed by atoms with Gasteiger partial charge in [-0.2, -0.15) is 13.9 Å². The molecular weight excluding hydrogens is 226 g/mol. The summed E-state index contributed by atoms with van der Waals surface area (Å²) in [4.78, 5) is 0. The van der Waals surface area contributed by atoms with E-state index in [2.05, 4.69) is 15.3 Å². The van der Waals surface area contributed by atoms with Crippen molar-refractivity contribution in [2.75, 3.05) is 0 Å². The first-order valence-electron chi connectivity index (χ1n) is 5.22. The van der Waals surface area contributed by atoms with Gasteiger partial charge < -0.3 is 10.2 Å². The van der Waals surface area contributed by atoms with E-state index in [1.54, 1.807) is 18.3 Å². The molecule has 0 unspecified atom stereocenters. The van der Waals surface area contributed by atoms with E-state index < -0.39 is 6.61 Å². The number of halogens is 2. The summed E-state index contributed by atoms with van der Waals surface area (Å²) in [5, 5.41) is 4.02. The van der Waals surface area contributed by atoms with E-state index in [4.69, 9.17) is 0 Å². The molecule has 17 heavy (non-hydrogen) atoms. The van der Waals surface area contributed by atoms with Crippen LogP contribution in [0.1, 0.15) is 26.3 Å². The van der Waals surface area contributed by atoms with Crippen molar-refractivity contribution < 1.29 is 13.5 Å². The van der Waals surface area contributed by atoms with Crippen molar-refractivity contribution >= 4 is 6.21 Å². The van der Waals surface area contributed by atoms with Gasteiger partial charge in [-0.1, -0.05) is 12.1 Å². The highest BCUT2D eigenvalue weighted by Crippen LogP contribution is 2.14. The zero-order valence-corrected chi connectivity index (χ0v) is 10.1. The lowest BCUT2D eigenvalue weighted by atomic mass is 10.1. The van der Waals surface area contributed by atoms with Gasteiger partial charge in [-0.3, -0.25) is 0 Å². The molecule has 94 valence electrons. The average molecular weight is 242 g/mol. The lowest BCUT2D eigenvalue weighted by molar-refractivity contribution is -0.0498. The van der Waals surface area contributed by atoms with Crippen LogP contribution in [-0.2, 0) is 0 Å². The highest BCUT2D eigenvalue weighted by Gasteiger charge is 2.06. The molecule has 0 aliphatic carbocycles.